The van der Waals surface area contributed by atoms with Crippen LogP contribution in [0.1, 0.15) is 51.5 Å². The molecule has 4 nitrogen and oxygen atoms in total. The summed E-state index contributed by atoms with van der Waals surface area (Å²) in [5.41, 5.74) is 1.32. The second-order valence-corrected chi connectivity index (χ2v) is 8.34. The van der Waals surface area contributed by atoms with Crippen LogP contribution in [0.5, 0.6) is 0 Å². The molecule has 24 heavy (non-hydrogen) atoms. The van der Waals surface area contributed by atoms with Gasteiger partial charge in [0.05, 0.1) is 14.2 Å². The van der Waals surface area contributed by atoms with Gasteiger partial charge in [-0.05, 0) is 35.3 Å². The highest BCUT2D eigenvalue weighted by Crippen LogP contribution is 2.48. The first-order valence-electron chi connectivity index (χ1n) is 8.60. The molecule has 2 unspecified atom stereocenters. The maximum Gasteiger partial charge on any atom is 0.526 e. The second kappa shape index (κ2) is 10.6. The van der Waals surface area contributed by atoms with E-state index in [9.17, 15) is 9.36 Å². The zero-order valence-corrected chi connectivity index (χ0v) is 16.2. The number of aryl methyl sites for hydroxylation is 1. The van der Waals surface area contributed by atoms with Gasteiger partial charge in [0.25, 0.3) is 5.16 Å². The monoisotopic (exact) mass is 353 g/mol. The first kappa shape index (κ1) is 20.8. The molecule has 0 spiro atoms. The molecule has 1 aromatic carbocycles. The quantitative estimate of drug-likeness (QED) is 0.314. The van der Waals surface area contributed by atoms with Crippen LogP contribution in [-0.2, 0) is 25.0 Å². The molecule has 0 aromatic heterocycles. The Hall–Kier alpha value is -1.25. The Bertz CT molecular complexity index is 497. The van der Waals surface area contributed by atoms with Crippen LogP contribution in [0, 0.1) is 5.92 Å². The number of carbonyl (C=O) groups is 1. The molecule has 0 aliphatic carbocycles. The van der Waals surface area contributed by atoms with E-state index in [1.54, 1.807) is 0 Å². The van der Waals surface area contributed by atoms with E-state index < -0.39 is 19.2 Å². The SMILES string of the molecule is COC(=O)C(CCCCCc1ccccc1)(CC(C)C)[P+](=O)OC. The highest BCUT2D eigenvalue weighted by Gasteiger charge is 2.58. The number of hydrogen-bond acceptors (Lipinski definition) is 4. The van der Waals surface area contributed by atoms with Gasteiger partial charge >= 0.3 is 14.0 Å². The van der Waals surface area contributed by atoms with Crippen molar-refractivity contribution in [3.63, 3.8) is 0 Å². The highest BCUT2D eigenvalue weighted by atomic mass is 31.1. The molecule has 0 radical (unpaired) electrons. The number of benzene rings is 1. The summed E-state index contributed by atoms with van der Waals surface area (Å²) in [4.78, 5) is 12.4. The molecule has 0 fully saturated rings. The van der Waals surface area contributed by atoms with Crippen LogP contribution >= 0.6 is 8.03 Å². The predicted octanol–water partition coefficient (Wildman–Crippen LogP) is 5.14. The van der Waals surface area contributed by atoms with Gasteiger partial charge in [0.1, 0.15) is 0 Å². The predicted molar refractivity (Wildman–Crippen MR) is 97.4 cm³/mol. The van der Waals surface area contributed by atoms with Crippen molar-refractivity contribution in [1.82, 2.24) is 0 Å². The molecule has 0 aliphatic rings. The molecule has 0 saturated carbocycles. The van der Waals surface area contributed by atoms with E-state index in [4.69, 9.17) is 9.26 Å². The zero-order valence-electron chi connectivity index (χ0n) is 15.3. The van der Waals surface area contributed by atoms with Crippen molar-refractivity contribution in [2.24, 2.45) is 5.92 Å². The molecule has 134 valence electrons. The van der Waals surface area contributed by atoms with Crippen molar-refractivity contribution < 1.29 is 18.6 Å². The van der Waals surface area contributed by atoms with Gasteiger partial charge < -0.3 is 4.74 Å². The van der Waals surface area contributed by atoms with Gasteiger partial charge in [-0.25, -0.2) is 4.79 Å². The van der Waals surface area contributed by atoms with Crippen molar-refractivity contribution in [2.45, 2.75) is 57.5 Å². The van der Waals surface area contributed by atoms with E-state index in [2.05, 4.69) is 12.1 Å². The third-order valence-electron chi connectivity index (χ3n) is 4.23. The number of rotatable bonds is 11. The minimum absolute atomic E-state index is 0.238. The Kier molecular flexibility index (Phi) is 9.17. The Morgan fingerprint density at radius 3 is 2.33 bits per heavy atom. The van der Waals surface area contributed by atoms with Crippen LogP contribution in [-0.4, -0.2) is 25.3 Å². The van der Waals surface area contributed by atoms with Gasteiger partial charge in [0, 0.05) is 12.8 Å². The van der Waals surface area contributed by atoms with E-state index in [1.165, 1.54) is 19.8 Å². The number of hydrogen-bond donors (Lipinski definition) is 0. The lowest BCUT2D eigenvalue weighted by atomic mass is 9.90. The molecule has 0 bridgehead atoms. The van der Waals surface area contributed by atoms with Crippen molar-refractivity contribution in [2.75, 3.05) is 14.2 Å². The van der Waals surface area contributed by atoms with Crippen molar-refractivity contribution >= 4 is 14.0 Å². The maximum atomic E-state index is 12.5. The summed E-state index contributed by atoms with van der Waals surface area (Å²) in [6.45, 7) is 4.04. The summed E-state index contributed by atoms with van der Waals surface area (Å²) >= 11 is 0. The summed E-state index contributed by atoms with van der Waals surface area (Å²) in [6.07, 6.45) is 4.94. The third-order valence-corrected chi connectivity index (χ3v) is 5.84. The lowest BCUT2D eigenvalue weighted by molar-refractivity contribution is -0.144. The van der Waals surface area contributed by atoms with Crippen molar-refractivity contribution in [1.29, 1.82) is 0 Å². The fourth-order valence-electron chi connectivity index (χ4n) is 3.14. The summed E-state index contributed by atoms with van der Waals surface area (Å²) in [7, 11) is 0.655. The van der Waals surface area contributed by atoms with Crippen LogP contribution in [0.2, 0.25) is 0 Å². The fraction of sp³-hybridized carbons (Fsp3) is 0.632. The Morgan fingerprint density at radius 1 is 1.12 bits per heavy atom. The third kappa shape index (κ3) is 5.99. The van der Waals surface area contributed by atoms with Crippen LogP contribution in [0.4, 0.5) is 0 Å². The summed E-state index contributed by atoms with van der Waals surface area (Å²) in [5.74, 6) is -0.176. The van der Waals surface area contributed by atoms with E-state index in [0.29, 0.717) is 12.8 Å². The van der Waals surface area contributed by atoms with Crippen LogP contribution in [0.25, 0.3) is 0 Å². The largest absolute Gasteiger partial charge is 0.526 e. The summed E-state index contributed by atoms with van der Waals surface area (Å²) in [5, 5.41) is -1.03. The molecule has 1 aromatic rings. The zero-order chi connectivity index (χ0) is 18.0. The fourth-order valence-corrected chi connectivity index (χ4v) is 4.58. The average molecular weight is 353 g/mol. The second-order valence-electron chi connectivity index (χ2n) is 6.61. The molecular weight excluding hydrogens is 323 g/mol. The van der Waals surface area contributed by atoms with Gasteiger partial charge in [0.2, 0.25) is 0 Å². The molecule has 0 aliphatic heterocycles. The Morgan fingerprint density at radius 2 is 1.79 bits per heavy atom. The minimum Gasteiger partial charge on any atom is -0.465 e. The number of unbranched alkanes of at least 4 members (excludes halogenated alkanes) is 2. The first-order valence-corrected chi connectivity index (χ1v) is 9.78. The molecule has 2 atom stereocenters. The molecule has 0 N–H and O–H groups in total. The van der Waals surface area contributed by atoms with Crippen LogP contribution < -0.4 is 0 Å². The molecule has 1 rings (SSSR count). The molecule has 5 heteroatoms. The number of carbonyl (C=O) groups excluding carboxylic acids is 1. The molecule has 0 saturated heterocycles. The van der Waals surface area contributed by atoms with Crippen molar-refractivity contribution in [3.05, 3.63) is 35.9 Å². The van der Waals surface area contributed by atoms with E-state index >= 15 is 0 Å². The Labute approximate surface area is 146 Å². The lowest BCUT2D eigenvalue weighted by Crippen LogP contribution is -2.38. The lowest BCUT2D eigenvalue weighted by Gasteiger charge is -2.21. The normalized spacial score (nSPS) is 14.3. The van der Waals surface area contributed by atoms with Gasteiger partial charge in [-0.1, -0.05) is 50.6 Å². The summed E-state index contributed by atoms with van der Waals surface area (Å²) in [6, 6.07) is 10.4. The smallest absolute Gasteiger partial charge is 0.465 e. The van der Waals surface area contributed by atoms with Crippen LogP contribution in [0.15, 0.2) is 30.3 Å². The molecule has 0 heterocycles. The van der Waals surface area contributed by atoms with Gasteiger partial charge in [-0.2, -0.15) is 0 Å². The standard InChI is InChI=1S/C19H30O4P/c1-16(2)15-19(18(20)22-3,24(21)23-4)14-10-6-9-13-17-11-7-5-8-12-17/h5,7-8,11-12,16H,6,9-10,13-15H2,1-4H3/q+1. The number of esters is 1. The minimum atomic E-state index is -2.09. The Balaban J connectivity index is 2.63. The van der Waals surface area contributed by atoms with Crippen LogP contribution in [0.3, 0.4) is 0 Å². The average Bonchev–Trinajstić information content (AvgIpc) is 2.59. The summed E-state index contributed by atoms with van der Waals surface area (Å²) < 4.78 is 22.5. The van der Waals surface area contributed by atoms with Crippen molar-refractivity contribution in [3.8, 4) is 0 Å². The highest BCUT2D eigenvalue weighted by molar-refractivity contribution is 7.42. The van der Waals surface area contributed by atoms with Gasteiger partial charge in [0.15, 0.2) is 0 Å². The molecular formula is C19H30O4P+. The van der Waals surface area contributed by atoms with E-state index in [-0.39, 0.29) is 5.92 Å². The van der Waals surface area contributed by atoms with E-state index in [1.807, 2.05) is 32.0 Å². The topological polar surface area (TPSA) is 52.6 Å². The first-order chi connectivity index (χ1) is 11.5. The van der Waals surface area contributed by atoms with Gasteiger partial charge in [-0.15, -0.1) is 4.52 Å². The number of methoxy groups -OCH3 is 1. The molecule has 0 amide bonds. The van der Waals surface area contributed by atoms with Gasteiger partial charge in [-0.3, -0.25) is 0 Å². The number of ether oxygens (including phenoxy) is 1. The van der Waals surface area contributed by atoms with E-state index in [0.717, 1.165) is 25.7 Å². The maximum absolute atomic E-state index is 12.5.